The Morgan fingerprint density at radius 3 is 2.40 bits per heavy atom. The van der Waals surface area contributed by atoms with E-state index >= 15 is 0 Å². The molecule has 82 valence electrons. The lowest BCUT2D eigenvalue weighted by Crippen LogP contribution is -2.13. The van der Waals surface area contributed by atoms with Crippen LogP contribution in [0.15, 0.2) is 30.3 Å². The van der Waals surface area contributed by atoms with Crippen LogP contribution in [0.2, 0.25) is 0 Å². The van der Waals surface area contributed by atoms with E-state index in [4.69, 9.17) is 5.11 Å². The Labute approximate surface area is 90.9 Å². The Balaban J connectivity index is 2.69. The Morgan fingerprint density at radius 2 is 1.93 bits per heavy atom. The lowest BCUT2D eigenvalue weighted by atomic mass is 9.88. The first-order valence-electron chi connectivity index (χ1n) is 5.42. The van der Waals surface area contributed by atoms with Gasteiger partial charge >= 0.3 is 5.97 Å². The molecule has 1 N–H and O–H groups in total. The summed E-state index contributed by atoms with van der Waals surface area (Å²) in [4.78, 5) is 10.8. The van der Waals surface area contributed by atoms with Crippen molar-refractivity contribution in [1.82, 2.24) is 0 Å². The topological polar surface area (TPSA) is 37.3 Å². The first kappa shape index (κ1) is 11.8. The van der Waals surface area contributed by atoms with Crippen molar-refractivity contribution >= 4 is 5.97 Å². The summed E-state index contributed by atoms with van der Waals surface area (Å²) in [5, 5.41) is 8.87. The summed E-state index contributed by atoms with van der Waals surface area (Å²) in [7, 11) is 0. The van der Waals surface area contributed by atoms with Crippen molar-refractivity contribution < 1.29 is 9.90 Å². The van der Waals surface area contributed by atoms with Crippen molar-refractivity contribution in [3.05, 3.63) is 35.9 Å². The Bertz CT molecular complexity index is 306. The molecule has 1 rings (SSSR count). The quantitative estimate of drug-likeness (QED) is 0.802. The van der Waals surface area contributed by atoms with Gasteiger partial charge in [0.25, 0.3) is 0 Å². The smallest absolute Gasteiger partial charge is 0.306 e. The predicted molar refractivity (Wildman–Crippen MR) is 60.9 cm³/mol. The fourth-order valence-corrected chi connectivity index (χ4v) is 1.79. The maximum atomic E-state index is 10.8. The fraction of sp³-hybridized carbons (Fsp3) is 0.462. The van der Waals surface area contributed by atoms with Crippen LogP contribution >= 0.6 is 0 Å². The van der Waals surface area contributed by atoms with Gasteiger partial charge in [-0.2, -0.15) is 0 Å². The van der Waals surface area contributed by atoms with Crippen molar-refractivity contribution in [1.29, 1.82) is 0 Å². The van der Waals surface area contributed by atoms with Crippen LogP contribution in [0.25, 0.3) is 0 Å². The number of carboxylic acids is 1. The molecule has 2 nitrogen and oxygen atoms in total. The molecule has 0 bridgehead atoms. The summed E-state index contributed by atoms with van der Waals surface area (Å²) in [6.45, 7) is 3.88. The van der Waals surface area contributed by atoms with Crippen molar-refractivity contribution in [2.45, 2.75) is 32.6 Å². The van der Waals surface area contributed by atoms with Crippen LogP contribution in [0.1, 0.15) is 38.2 Å². The Hall–Kier alpha value is -1.31. The van der Waals surface area contributed by atoms with Crippen molar-refractivity contribution in [3.63, 3.8) is 0 Å². The van der Waals surface area contributed by atoms with Crippen molar-refractivity contribution in [2.24, 2.45) is 5.92 Å². The molecule has 1 aromatic carbocycles. The molecule has 0 aliphatic carbocycles. The minimum atomic E-state index is -0.704. The Kier molecular flexibility index (Phi) is 4.35. The number of aliphatic carboxylic acids is 1. The van der Waals surface area contributed by atoms with E-state index < -0.39 is 5.97 Å². The van der Waals surface area contributed by atoms with E-state index in [-0.39, 0.29) is 5.92 Å². The average Bonchev–Trinajstić information content (AvgIpc) is 2.26. The van der Waals surface area contributed by atoms with E-state index in [1.165, 1.54) is 5.56 Å². The number of carbonyl (C=O) groups is 1. The third-order valence-electron chi connectivity index (χ3n) is 2.82. The summed E-state index contributed by atoms with van der Waals surface area (Å²) in [6, 6.07) is 10.1. The minimum absolute atomic E-state index is 0.268. The number of hydrogen-bond acceptors (Lipinski definition) is 1. The highest BCUT2D eigenvalue weighted by Gasteiger charge is 2.17. The molecular weight excluding hydrogens is 188 g/mol. The number of benzene rings is 1. The standard InChI is InChI=1S/C13H18O2/c1-3-11(9-10(2)13(14)15)12-7-5-4-6-8-12/h4-8,10-11H,3,9H2,1-2H3,(H,14,15)/t10-,11-/m0/s1. The maximum absolute atomic E-state index is 10.8. The molecular formula is C13H18O2. The first-order chi connectivity index (χ1) is 7.15. The van der Waals surface area contributed by atoms with Gasteiger partial charge in [0.05, 0.1) is 5.92 Å². The minimum Gasteiger partial charge on any atom is -0.481 e. The third kappa shape index (κ3) is 3.39. The Morgan fingerprint density at radius 1 is 1.33 bits per heavy atom. The van der Waals surface area contributed by atoms with Gasteiger partial charge in [0.1, 0.15) is 0 Å². The summed E-state index contributed by atoms with van der Waals surface area (Å²) in [6.07, 6.45) is 1.71. The molecule has 0 radical (unpaired) electrons. The molecule has 0 fully saturated rings. The van der Waals surface area contributed by atoms with Crippen LogP contribution in [-0.2, 0) is 4.79 Å². The summed E-state index contributed by atoms with van der Waals surface area (Å²) < 4.78 is 0. The molecule has 1 aromatic rings. The highest BCUT2D eigenvalue weighted by atomic mass is 16.4. The highest BCUT2D eigenvalue weighted by molar-refractivity contribution is 5.69. The van der Waals surface area contributed by atoms with Crippen molar-refractivity contribution in [2.75, 3.05) is 0 Å². The monoisotopic (exact) mass is 206 g/mol. The molecule has 0 spiro atoms. The van der Waals surface area contributed by atoms with Crippen LogP contribution in [0.5, 0.6) is 0 Å². The zero-order chi connectivity index (χ0) is 11.3. The zero-order valence-corrected chi connectivity index (χ0v) is 9.31. The molecule has 0 aliphatic rings. The maximum Gasteiger partial charge on any atom is 0.306 e. The number of hydrogen-bond donors (Lipinski definition) is 1. The molecule has 0 unspecified atom stereocenters. The van der Waals surface area contributed by atoms with Crippen molar-refractivity contribution in [3.8, 4) is 0 Å². The number of rotatable bonds is 5. The molecule has 0 aliphatic heterocycles. The van der Waals surface area contributed by atoms with Crippen LogP contribution in [0.4, 0.5) is 0 Å². The fourth-order valence-electron chi connectivity index (χ4n) is 1.79. The van der Waals surface area contributed by atoms with Gasteiger partial charge in [-0.25, -0.2) is 0 Å². The third-order valence-corrected chi connectivity index (χ3v) is 2.82. The molecule has 0 amide bonds. The first-order valence-corrected chi connectivity index (χ1v) is 5.42. The second-order valence-electron chi connectivity index (χ2n) is 3.99. The van der Waals surface area contributed by atoms with Gasteiger partial charge in [0, 0.05) is 0 Å². The summed E-state index contributed by atoms with van der Waals surface area (Å²) in [5.74, 6) is -0.614. The van der Waals surface area contributed by atoms with Gasteiger partial charge in [0.15, 0.2) is 0 Å². The summed E-state index contributed by atoms with van der Waals surface area (Å²) >= 11 is 0. The van der Waals surface area contributed by atoms with E-state index in [1.807, 2.05) is 18.2 Å². The SMILES string of the molecule is CC[C@@H](C[C@H](C)C(=O)O)c1ccccc1. The van der Waals surface area contributed by atoms with Gasteiger partial charge in [0.2, 0.25) is 0 Å². The van der Waals surface area contributed by atoms with Crippen LogP contribution in [-0.4, -0.2) is 11.1 Å². The lowest BCUT2D eigenvalue weighted by Gasteiger charge is -2.17. The van der Waals surface area contributed by atoms with Gasteiger partial charge in [-0.1, -0.05) is 44.2 Å². The second kappa shape index (κ2) is 5.54. The van der Waals surface area contributed by atoms with Crippen LogP contribution in [0, 0.1) is 5.92 Å². The van der Waals surface area contributed by atoms with Crippen LogP contribution < -0.4 is 0 Å². The van der Waals surface area contributed by atoms with E-state index in [0.29, 0.717) is 5.92 Å². The van der Waals surface area contributed by atoms with Gasteiger partial charge in [-0.15, -0.1) is 0 Å². The van der Waals surface area contributed by atoms with E-state index in [9.17, 15) is 4.79 Å². The molecule has 0 saturated carbocycles. The number of carboxylic acid groups (broad SMARTS) is 1. The highest BCUT2D eigenvalue weighted by Crippen LogP contribution is 2.26. The van der Waals surface area contributed by atoms with E-state index in [2.05, 4.69) is 19.1 Å². The van der Waals surface area contributed by atoms with Crippen LogP contribution in [0.3, 0.4) is 0 Å². The van der Waals surface area contributed by atoms with Gasteiger partial charge < -0.3 is 5.11 Å². The molecule has 0 heterocycles. The zero-order valence-electron chi connectivity index (χ0n) is 9.31. The molecule has 0 saturated heterocycles. The largest absolute Gasteiger partial charge is 0.481 e. The summed E-state index contributed by atoms with van der Waals surface area (Å²) in [5.41, 5.74) is 1.24. The van der Waals surface area contributed by atoms with Gasteiger partial charge in [-0.3, -0.25) is 4.79 Å². The van der Waals surface area contributed by atoms with Gasteiger partial charge in [-0.05, 0) is 24.3 Å². The second-order valence-corrected chi connectivity index (χ2v) is 3.99. The van der Waals surface area contributed by atoms with E-state index in [0.717, 1.165) is 12.8 Å². The molecule has 2 heteroatoms. The molecule has 15 heavy (non-hydrogen) atoms. The molecule has 0 aromatic heterocycles. The average molecular weight is 206 g/mol. The van der Waals surface area contributed by atoms with E-state index in [1.54, 1.807) is 6.92 Å². The molecule has 2 atom stereocenters. The normalized spacial score (nSPS) is 14.5. The lowest BCUT2D eigenvalue weighted by molar-refractivity contribution is -0.141. The predicted octanol–water partition coefficient (Wildman–Crippen LogP) is 3.29.